The lowest BCUT2D eigenvalue weighted by molar-refractivity contribution is 0.0746. The van der Waals surface area contributed by atoms with Gasteiger partial charge in [-0.25, -0.2) is 0 Å². The summed E-state index contributed by atoms with van der Waals surface area (Å²) in [7, 11) is 0. The summed E-state index contributed by atoms with van der Waals surface area (Å²) in [6.45, 7) is 9.00. The quantitative estimate of drug-likeness (QED) is 0.483. The molecule has 5 heteroatoms. The number of hydrogen-bond donors (Lipinski definition) is 1. The number of amides is 1. The Kier molecular flexibility index (Phi) is 6.42. The number of aryl methyl sites for hydroxylation is 1. The summed E-state index contributed by atoms with van der Waals surface area (Å²) in [5.74, 6) is 1.62. The minimum absolute atomic E-state index is 0.0666. The van der Waals surface area contributed by atoms with Crippen molar-refractivity contribution >= 4 is 11.6 Å². The molecule has 5 rings (SSSR count). The summed E-state index contributed by atoms with van der Waals surface area (Å²) in [6.07, 6.45) is 2.85. The first kappa shape index (κ1) is 23.3. The Hall–Kier alpha value is -3.47. The third-order valence-electron chi connectivity index (χ3n) is 6.89. The number of ether oxygens (including phenoxy) is 2. The monoisotopic (exact) mass is 470 g/mol. The van der Waals surface area contributed by atoms with Gasteiger partial charge in [-0.2, -0.15) is 0 Å². The maximum Gasteiger partial charge on any atom is 0.256 e. The van der Waals surface area contributed by atoms with Gasteiger partial charge in [-0.15, -0.1) is 0 Å². The molecule has 0 radical (unpaired) electrons. The lowest BCUT2D eigenvalue weighted by Gasteiger charge is -2.27. The summed E-state index contributed by atoms with van der Waals surface area (Å²) in [4.78, 5) is 15.9. The number of carbonyl (C=O) groups excluding carboxylic acids is 1. The molecule has 0 saturated carbocycles. The van der Waals surface area contributed by atoms with Gasteiger partial charge in [0.05, 0.1) is 11.3 Å². The zero-order chi connectivity index (χ0) is 24.4. The maximum atomic E-state index is 13.9. The van der Waals surface area contributed by atoms with Gasteiger partial charge < -0.3 is 19.7 Å². The van der Waals surface area contributed by atoms with Crippen LogP contribution in [0.3, 0.4) is 0 Å². The number of anilines is 1. The smallest absolute Gasteiger partial charge is 0.256 e. The molecule has 0 spiro atoms. The highest BCUT2D eigenvalue weighted by Gasteiger charge is 2.23. The minimum Gasteiger partial charge on any atom is -0.454 e. The lowest BCUT2D eigenvalue weighted by atomic mass is 9.87. The number of rotatable bonds is 6. The number of fused-ring (bicyclic) bond motifs is 2. The molecule has 0 atom stereocenters. The van der Waals surface area contributed by atoms with Crippen LogP contribution in [0.4, 0.5) is 5.69 Å². The van der Waals surface area contributed by atoms with E-state index in [9.17, 15) is 4.79 Å². The first-order chi connectivity index (χ1) is 16.9. The second-order valence-corrected chi connectivity index (χ2v) is 10.5. The molecule has 2 aliphatic rings. The van der Waals surface area contributed by atoms with Crippen molar-refractivity contribution in [3.63, 3.8) is 0 Å². The van der Waals surface area contributed by atoms with Gasteiger partial charge in [-0.05, 0) is 65.1 Å². The van der Waals surface area contributed by atoms with Gasteiger partial charge in [0.2, 0.25) is 6.79 Å². The van der Waals surface area contributed by atoms with Crippen LogP contribution in [-0.2, 0) is 24.8 Å². The van der Waals surface area contributed by atoms with E-state index in [0.29, 0.717) is 13.1 Å². The average molecular weight is 471 g/mol. The van der Waals surface area contributed by atoms with Gasteiger partial charge in [0.1, 0.15) is 0 Å². The minimum atomic E-state index is 0.0666. The van der Waals surface area contributed by atoms with Crippen molar-refractivity contribution in [2.75, 3.05) is 25.2 Å². The Balaban J connectivity index is 1.40. The van der Waals surface area contributed by atoms with Crippen LogP contribution in [0, 0.1) is 0 Å². The van der Waals surface area contributed by atoms with Gasteiger partial charge in [-0.1, -0.05) is 63.2 Å². The first-order valence-corrected chi connectivity index (χ1v) is 12.5. The van der Waals surface area contributed by atoms with Crippen LogP contribution in [0.2, 0.25) is 0 Å². The molecule has 5 nitrogen and oxygen atoms in total. The fraction of sp³-hybridized carbons (Fsp3) is 0.367. The molecular formula is C30H34N2O3. The molecule has 0 unspecified atom stereocenters. The van der Waals surface area contributed by atoms with E-state index in [0.717, 1.165) is 59.7 Å². The third-order valence-corrected chi connectivity index (χ3v) is 6.89. The highest BCUT2D eigenvalue weighted by molar-refractivity contribution is 6.00. The maximum absolute atomic E-state index is 13.9. The lowest BCUT2D eigenvalue weighted by Crippen LogP contribution is -2.33. The first-order valence-electron chi connectivity index (χ1n) is 12.5. The number of carbonyl (C=O) groups is 1. The van der Waals surface area contributed by atoms with Gasteiger partial charge >= 0.3 is 0 Å². The molecule has 2 aliphatic heterocycles. The van der Waals surface area contributed by atoms with Crippen LogP contribution >= 0.6 is 0 Å². The van der Waals surface area contributed by atoms with E-state index >= 15 is 0 Å². The normalized spacial score (nSPS) is 14.3. The largest absolute Gasteiger partial charge is 0.454 e. The molecule has 1 N–H and O–H groups in total. The molecule has 2 heterocycles. The Labute approximate surface area is 208 Å². The van der Waals surface area contributed by atoms with E-state index in [1.165, 1.54) is 11.1 Å². The van der Waals surface area contributed by atoms with E-state index in [1.807, 2.05) is 29.2 Å². The number of hydrogen-bond acceptors (Lipinski definition) is 4. The topological polar surface area (TPSA) is 50.8 Å². The van der Waals surface area contributed by atoms with Gasteiger partial charge in [0.25, 0.3) is 5.91 Å². The van der Waals surface area contributed by atoms with E-state index in [4.69, 9.17) is 9.47 Å². The van der Waals surface area contributed by atoms with Crippen molar-refractivity contribution in [1.82, 2.24) is 4.90 Å². The molecule has 182 valence electrons. The summed E-state index contributed by atoms with van der Waals surface area (Å²) < 4.78 is 11.0. The molecule has 0 aromatic heterocycles. The Bertz CT molecular complexity index is 1210. The van der Waals surface area contributed by atoms with E-state index in [2.05, 4.69) is 62.5 Å². The van der Waals surface area contributed by atoms with E-state index in [1.54, 1.807) is 0 Å². The fourth-order valence-corrected chi connectivity index (χ4v) is 4.80. The molecule has 1 amide bonds. The van der Waals surface area contributed by atoms with Crippen LogP contribution in [0.1, 0.15) is 59.8 Å². The van der Waals surface area contributed by atoms with Crippen LogP contribution in [0.25, 0.3) is 0 Å². The van der Waals surface area contributed by atoms with E-state index in [-0.39, 0.29) is 18.1 Å². The summed E-state index contributed by atoms with van der Waals surface area (Å²) in [5.41, 5.74) is 6.65. The van der Waals surface area contributed by atoms with Crippen molar-refractivity contribution in [2.24, 2.45) is 0 Å². The molecule has 0 aliphatic carbocycles. The van der Waals surface area contributed by atoms with Crippen LogP contribution in [0.15, 0.2) is 60.7 Å². The predicted octanol–water partition coefficient (Wildman–Crippen LogP) is 5.96. The number of benzene rings is 3. The van der Waals surface area contributed by atoms with Crippen LogP contribution < -0.4 is 14.8 Å². The number of nitrogens with zero attached hydrogens (tertiary/aromatic N) is 1. The summed E-state index contributed by atoms with van der Waals surface area (Å²) in [6, 6.07) is 20.8. The summed E-state index contributed by atoms with van der Waals surface area (Å²) in [5, 5.41) is 3.48. The highest BCUT2D eigenvalue weighted by Crippen LogP contribution is 2.33. The fourth-order valence-electron chi connectivity index (χ4n) is 4.80. The van der Waals surface area contributed by atoms with E-state index < -0.39 is 0 Å². The van der Waals surface area contributed by atoms with Crippen molar-refractivity contribution in [1.29, 1.82) is 0 Å². The molecule has 0 saturated heterocycles. The summed E-state index contributed by atoms with van der Waals surface area (Å²) >= 11 is 0. The van der Waals surface area contributed by atoms with Crippen molar-refractivity contribution in [2.45, 2.75) is 52.0 Å². The third kappa shape index (κ3) is 5.14. The standard InChI is InChI=1S/C30H34N2O3/c1-30(2,3)24-12-9-22(10-13-24)19-32(17-15-21-11-14-26-27(18-21)35-20-34-26)29(33)25-8-4-6-23-7-5-16-31-28(23)25/h4,6,8-14,18,31H,5,7,15-17,19-20H2,1-3H3. The van der Waals surface area contributed by atoms with Crippen molar-refractivity contribution < 1.29 is 14.3 Å². The Morgan fingerprint density at radius 1 is 0.971 bits per heavy atom. The zero-order valence-corrected chi connectivity index (χ0v) is 20.9. The Morgan fingerprint density at radius 2 is 1.74 bits per heavy atom. The SMILES string of the molecule is CC(C)(C)c1ccc(CN(CCc2ccc3c(c2)OCO3)C(=O)c2cccc3c2NCCC3)cc1. The van der Waals surface area contributed by atoms with Crippen LogP contribution in [0.5, 0.6) is 11.5 Å². The molecule has 3 aromatic rings. The second kappa shape index (κ2) is 9.65. The predicted molar refractivity (Wildman–Crippen MR) is 139 cm³/mol. The molecular weight excluding hydrogens is 436 g/mol. The zero-order valence-electron chi connectivity index (χ0n) is 20.9. The van der Waals surface area contributed by atoms with Gasteiger partial charge in [0.15, 0.2) is 11.5 Å². The molecule has 35 heavy (non-hydrogen) atoms. The molecule has 3 aromatic carbocycles. The van der Waals surface area contributed by atoms with Crippen LogP contribution in [-0.4, -0.2) is 30.7 Å². The second-order valence-electron chi connectivity index (χ2n) is 10.5. The van der Waals surface area contributed by atoms with Crippen molar-refractivity contribution in [3.05, 3.63) is 88.5 Å². The van der Waals surface area contributed by atoms with Gasteiger partial charge in [0, 0.05) is 19.6 Å². The number of nitrogens with one attached hydrogen (secondary N) is 1. The van der Waals surface area contributed by atoms with Gasteiger partial charge in [-0.3, -0.25) is 4.79 Å². The Morgan fingerprint density at radius 3 is 2.54 bits per heavy atom. The highest BCUT2D eigenvalue weighted by atomic mass is 16.7. The van der Waals surface area contributed by atoms with Crippen molar-refractivity contribution in [3.8, 4) is 11.5 Å². The number of para-hydroxylation sites is 1. The molecule has 0 bridgehead atoms. The average Bonchev–Trinajstić information content (AvgIpc) is 3.33. The molecule has 0 fully saturated rings.